The average molecular weight is 327 g/mol. The highest BCUT2D eigenvalue weighted by Crippen LogP contribution is 2.16. The molecule has 0 saturated carbocycles. The van der Waals surface area contributed by atoms with E-state index in [0.717, 1.165) is 28.2 Å². The lowest BCUT2D eigenvalue weighted by Crippen LogP contribution is -2.26. The van der Waals surface area contributed by atoms with Gasteiger partial charge in [-0.1, -0.05) is 35.9 Å². The summed E-state index contributed by atoms with van der Waals surface area (Å²) in [4.78, 5) is 12.3. The molecule has 2 aromatic carbocycles. The number of benzene rings is 2. The first-order valence-electron chi connectivity index (χ1n) is 7.96. The first-order valence-corrected chi connectivity index (χ1v) is 9.12. The van der Waals surface area contributed by atoms with Gasteiger partial charge in [-0.3, -0.25) is 4.79 Å². The quantitative estimate of drug-likeness (QED) is 0.787. The van der Waals surface area contributed by atoms with E-state index in [9.17, 15) is 4.79 Å². The van der Waals surface area contributed by atoms with Crippen molar-refractivity contribution in [2.75, 3.05) is 12.3 Å². The Morgan fingerprint density at radius 1 is 0.957 bits per heavy atom. The van der Waals surface area contributed by atoms with Crippen molar-refractivity contribution in [3.63, 3.8) is 0 Å². The molecule has 0 heterocycles. The van der Waals surface area contributed by atoms with Crippen LogP contribution in [0.4, 0.5) is 0 Å². The van der Waals surface area contributed by atoms with E-state index in [1.165, 1.54) is 16.7 Å². The van der Waals surface area contributed by atoms with Crippen molar-refractivity contribution in [2.45, 2.75) is 33.4 Å². The van der Waals surface area contributed by atoms with Crippen LogP contribution in [0.1, 0.15) is 38.2 Å². The van der Waals surface area contributed by atoms with Gasteiger partial charge in [0.05, 0.1) is 0 Å². The summed E-state index contributed by atoms with van der Waals surface area (Å²) in [6.45, 7) is 8.91. The van der Waals surface area contributed by atoms with Crippen LogP contribution in [0.25, 0.3) is 0 Å². The zero-order valence-electron chi connectivity index (χ0n) is 14.4. The molecule has 1 N–H and O–H groups in total. The first kappa shape index (κ1) is 17.6. The van der Waals surface area contributed by atoms with Crippen LogP contribution in [-0.2, 0) is 5.75 Å². The molecule has 0 aliphatic heterocycles. The smallest absolute Gasteiger partial charge is 0.251 e. The fraction of sp³-hybridized carbons (Fsp3) is 0.350. The predicted molar refractivity (Wildman–Crippen MR) is 100 cm³/mol. The molecular weight excluding hydrogens is 302 g/mol. The number of carbonyl (C=O) groups is 1. The van der Waals surface area contributed by atoms with Gasteiger partial charge in [-0.25, -0.2) is 0 Å². The Morgan fingerprint density at radius 3 is 2.30 bits per heavy atom. The normalized spacial score (nSPS) is 10.6. The van der Waals surface area contributed by atoms with E-state index in [-0.39, 0.29) is 5.91 Å². The number of thioether (sulfide) groups is 1. The number of hydrogen-bond donors (Lipinski definition) is 1. The van der Waals surface area contributed by atoms with Gasteiger partial charge in [-0.2, -0.15) is 11.8 Å². The van der Waals surface area contributed by atoms with Gasteiger partial charge in [0.25, 0.3) is 5.91 Å². The third-order valence-electron chi connectivity index (χ3n) is 4.01. The second-order valence-corrected chi connectivity index (χ2v) is 7.15. The maximum atomic E-state index is 12.3. The largest absolute Gasteiger partial charge is 0.351 e. The molecule has 0 aromatic heterocycles. The molecule has 0 aliphatic rings. The van der Waals surface area contributed by atoms with Gasteiger partial charge in [0.2, 0.25) is 0 Å². The highest BCUT2D eigenvalue weighted by Gasteiger charge is 2.09. The first-order chi connectivity index (χ1) is 11.0. The lowest BCUT2D eigenvalue weighted by molar-refractivity contribution is 0.0955. The molecule has 0 saturated heterocycles. The highest BCUT2D eigenvalue weighted by atomic mass is 32.2. The molecule has 0 atom stereocenters. The van der Waals surface area contributed by atoms with Crippen molar-refractivity contribution in [1.82, 2.24) is 5.32 Å². The number of hydrogen-bond acceptors (Lipinski definition) is 2. The second kappa shape index (κ2) is 8.21. The third kappa shape index (κ3) is 5.14. The fourth-order valence-electron chi connectivity index (χ4n) is 2.41. The average Bonchev–Trinajstić information content (AvgIpc) is 2.52. The van der Waals surface area contributed by atoms with Gasteiger partial charge in [0, 0.05) is 23.6 Å². The van der Waals surface area contributed by atoms with E-state index in [1.54, 1.807) is 0 Å². The molecule has 2 aromatic rings. The van der Waals surface area contributed by atoms with Crippen molar-refractivity contribution in [2.24, 2.45) is 0 Å². The highest BCUT2D eigenvalue weighted by molar-refractivity contribution is 7.98. The minimum Gasteiger partial charge on any atom is -0.351 e. The van der Waals surface area contributed by atoms with Gasteiger partial charge in [-0.05, 0) is 56.0 Å². The molecule has 1 amide bonds. The van der Waals surface area contributed by atoms with Crippen molar-refractivity contribution >= 4 is 17.7 Å². The van der Waals surface area contributed by atoms with Crippen molar-refractivity contribution in [3.8, 4) is 0 Å². The lowest BCUT2D eigenvalue weighted by atomic mass is 10.0. The van der Waals surface area contributed by atoms with E-state index in [4.69, 9.17) is 0 Å². The fourth-order valence-corrected chi connectivity index (χ4v) is 3.23. The molecule has 0 bridgehead atoms. The van der Waals surface area contributed by atoms with Crippen molar-refractivity contribution in [3.05, 3.63) is 69.8 Å². The van der Waals surface area contributed by atoms with Crippen LogP contribution in [-0.4, -0.2) is 18.2 Å². The number of aryl methyl sites for hydroxylation is 4. The summed E-state index contributed by atoms with van der Waals surface area (Å²) in [5.41, 5.74) is 6.84. The van der Waals surface area contributed by atoms with Gasteiger partial charge in [-0.15, -0.1) is 0 Å². The summed E-state index contributed by atoms with van der Waals surface area (Å²) in [5.74, 6) is 1.93. The molecular formula is C20H25NOS. The van der Waals surface area contributed by atoms with Crippen molar-refractivity contribution < 1.29 is 4.79 Å². The van der Waals surface area contributed by atoms with Gasteiger partial charge in [0.15, 0.2) is 0 Å². The van der Waals surface area contributed by atoms with E-state index in [0.29, 0.717) is 6.54 Å². The summed E-state index contributed by atoms with van der Waals surface area (Å²) in [6, 6.07) is 12.7. The molecule has 0 radical (unpaired) electrons. The van der Waals surface area contributed by atoms with Crippen LogP contribution < -0.4 is 5.32 Å². The molecule has 3 heteroatoms. The molecule has 2 nitrogen and oxygen atoms in total. The minimum absolute atomic E-state index is 0.0292. The van der Waals surface area contributed by atoms with E-state index >= 15 is 0 Å². The van der Waals surface area contributed by atoms with Crippen LogP contribution >= 0.6 is 11.8 Å². The lowest BCUT2D eigenvalue weighted by Gasteiger charge is -2.10. The Hall–Kier alpha value is -1.74. The van der Waals surface area contributed by atoms with E-state index in [2.05, 4.69) is 49.5 Å². The van der Waals surface area contributed by atoms with Crippen LogP contribution in [0.3, 0.4) is 0 Å². The predicted octanol–water partition coefficient (Wildman–Crippen LogP) is 4.58. The monoisotopic (exact) mass is 327 g/mol. The summed E-state index contributed by atoms with van der Waals surface area (Å²) >= 11 is 1.84. The SMILES string of the molecule is Cc1ccc(CSCCNC(=O)c2cc(C)c(C)cc2C)cc1. The molecule has 0 unspecified atom stereocenters. The van der Waals surface area contributed by atoms with Crippen LogP contribution in [0.5, 0.6) is 0 Å². The topological polar surface area (TPSA) is 29.1 Å². The van der Waals surface area contributed by atoms with Crippen LogP contribution in [0, 0.1) is 27.7 Å². The van der Waals surface area contributed by atoms with E-state index < -0.39 is 0 Å². The number of carbonyl (C=O) groups excluding carboxylic acids is 1. The number of amides is 1. The molecule has 0 fully saturated rings. The zero-order chi connectivity index (χ0) is 16.8. The molecule has 2 rings (SSSR count). The van der Waals surface area contributed by atoms with Crippen molar-refractivity contribution in [1.29, 1.82) is 0 Å². The Labute approximate surface area is 143 Å². The summed E-state index contributed by atoms with van der Waals surface area (Å²) in [5, 5.41) is 3.02. The van der Waals surface area contributed by atoms with Crippen LogP contribution in [0.2, 0.25) is 0 Å². The van der Waals surface area contributed by atoms with Gasteiger partial charge in [0.1, 0.15) is 0 Å². The zero-order valence-corrected chi connectivity index (χ0v) is 15.2. The minimum atomic E-state index is 0.0292. The molecule has 0 spiro atoms. The Bertz CT molecular complexity index is 677. The third-order valence-corrected chi connectivity index (χ3v) is 5.04. The number of rotatable bonds is 6. The Balaban J connectivity index is 1.77. The molecule has 0 aliphatic carbocycles. The standard InChI is InChI=1S/C20H25NOS/c1-14-5-7-18(8-6-14)13-23-10-9-21-20(22)19-12-16(3)15(2)11-17(19)4/h5-8,11-12H,9-10,13H2,1-4H3,(H,21,22). The Kier molecular flexibility index (Phi) is 6.28. The van der Waals surface area contributed by atoms with Gasteiger partial charge >= 0.3 is 0 Å². The molecule has 122 valence electrons. The van der Waals surface area contributed by atoms with E-state index in [1.807, 2.05) is 31.7 Å². The summed E-state index contributed by atoms with van der Waals surface area (Å²) < 4.78 is 0. The molecule has 23 heavy (non-hydrogen) atoms. The maximum absolute atomic E-state index is 12.3. The second-order valence-electron chi connectivity index (χ2n) is 6.05. The number of nitrogens with one attached hydrogen (secondary N) is 1. The Morgan fingerprint density at radius 2 is 1.61 bits per heavy atom. The summed E-state index contributed by atoms with van der Waals surface area (Å²) in [7, 11) is 0. The maximum Gasteiger partial charge on any atom is 0.251 e. The summed E-state index contributed by atoms with van der Waals surface area (Å²) in [6.07, 6.45) is 0. The van der Waals surface area contributed by atoms with Crippen LogP contribution in [0.15, 0.2) is 36.4 Å². The van der Waals surface area contributed by atoms with Gasteiger partial charge < -0.3 is 5.32 Å².